The summed E-state index contributed by atoms with van der Waals surface area (Å²) in [5, 5.41) is 12.3. The van der Waals surface area contributed by atoms with Crippen molar-refractivity contribution in [2.24, 2.45) is 0 Å². The normalized spacial score (nSPS) is 9.83. The minimum absolute atomic E-state index is 0.383. The molecular weight excluding hydrogens is 253 g/mol. The number of nitrogens with one attached hydrogen (secondary N) is 1. The first kappa shape index (κ1) is 12.3. The minimum atomic E-state index is -0.383. The summed E-state index contributed by atoms with van der Waals surface area (Å²) in [6.45, 7) is 0.388. The summed E-state index contributed by atoms with van der Waals surface area (Å²) in [4.78, 5) is 3.75. The molecule has 0 spiro atoms. The van der Waals surface area contributed by atoms with Gasteiger partial charge in [-0.15, -0.1) is 0 Å². The molecule has 0 radical (unpaired) electrons. The molecule has 90 valence electrons. The van der Waals surface area contributed by atoms with Crippen molar-refractivity contribution in [1.29, 1.82) is 5.26 Å². The number of rotatable bonds is 3. The Bertz CT molecular complexity index is 607. The van der Waals surface area contributed by atoms with E-state index in [-0.39, 0.29) is 5.82 Å². The van der Waals surface area contributed by atoms with Gasteiger partial charge in [-0.2, -0.15) is 5.26 Å². The standard InChI is InChI=1S/C13H9ClFN3/c14-12-2-1-9(5-16)4-13(12)18-7-10-3-11(15)8-17-6-10/h1-4,6,8,18H,7H2. The van der Waals surface area contributed by atoms with Crippen molar-refractivity contribution in [1.82, 2.24) is 4.98 Å². The summed E-state index contributed by atoms with van der Waals surface area (Å²) in [5.41, 5.74) is 1.85. The molecule has 0 saturated carbocycles. The van der Waals surface area contributed by atoms with Crippen LogP contribution in [-0.2, 0) is 6.54 Å². The van der Waals surface area contributed by atoms with Gasteiger partial charge in [0.05, 0.1) is 28.5 Å². The van der Waals surface area contributed by atoms with Gasteiger partial charge >= 0.3 is 0 Å². The Morgan fingerprint density at radius 1 is 1.33 bits per heavy atom. The van der Waals surface area contributed by atoms with E-state index in [0.717, 1.165) is 6.20 Å². The van der Waals surface area contributed by atoms with Crippen molar-refractivity contribution in [2.75, 3.05) is 5.32 Å². The lowest BCUT2D eigenvalue weighted by Gasteiger charge is -2.08. The first-order chi connectivity index (χ1) is 8.69. The van der Waals surface area contributed by atoms with Crippen LogP contribution in [0.15, 0.2) is 36.7 Å². The fourth-order valence-corrected chi connectivity index (χ4v) is 1.66. The smallest absolute Gasteiger partial charge is 0.141 e. The van der Waals surface area contributed by atoms with Gasteiger partial charge in [-0.05, 0) is 29.8 Å². The number of halogens is 2. The molecule has 0 atom stereocenters. The SMILES string of the molecule is N#Cc1ccc(Cl)c(NCc2cncc(F)c2)c1. The Balaban J connectivity index is 2.13. The number of hydrogen-bond donors (Lipinski definition) is 1. The molecule has 1 aromatic heterocycles. The van der Waals surface area contributed by atoms with E-state index >= 15 is 0 Å². The molecule has 0 bridgehead atoms. The average Bonchev–Trinajstić information content (AvgIpc) is 2.38. The largest absolute Gasteiger partial charge is 0.380 e. The summed E-state index contributed by atoms with van der Waals surface area (Å²) in [6.07, 6.45) is 2.71. The van der Waals surface area contributed by atoms with Gasteiger partial charge in [0.2, 0.25) is 0 Å². The van der Waals surface area contributed by atoms with E-state index in [2.05, 4.69) is 10.3 Å². The van der Waals surface area contributed by atoms with Crippen LogP contribution in [0.2, 0.25) is 5.02 Å². The van der Waals surface area contributed by atoms with Crippen LogP contribution in [0.25, 0.3) is 0 Å². The van der Waals surface area contributed by atoms with Crippen molar-refractivity contribution < 1.29 is 4.39 Å². The Morgan fingerprint density at radius 3 is 2.89 bits per heavy atom. The molecular formula is C13H9ClFN3. The second-order valence-corrected chi connectivity index (χ2v) is 4.08. The highest BCUT2D eigenvalue weighted by molar-refractivity contribution is 6.33. The number of anilines is 1. The molecule has 1 heterocycles. The quantitative estimate of drug-likeness (QED) is 0.922. The lowest BCUT2D eigenvalue weighted by molar-refractivity contribution is 0.619. The highest BCUT2D eigenvalue weighted by Crippen LogP contribution is 2.23. The fourth-order valence-electron chi connectivity index (χ4n) is 1.48. The molecule has 0 aliphatic heterocycles. The van der Waals surface area contributed by atoms with Crippen molar-refractivity contribution in [3.8, 4) is 6.07 Å². The summed E-state index contributed by atoms with van der Waals surface area (Å²) >= 11 is 5.99. The number of benzene rings is 1. The highest BCUT2D eigenvalue weighted by atomic mass is 35.5. The van der Waals surface area contributed by atoms with Crippen molar-refractivity contribution in [3.63, 3.8) is 0 Å². The molecule has 2 rings (SSSR count). The molecule has 0 saturated heterocycles. The molecule has 0 unspecified atom stereocenters. The number of aromatic nitrogens is 1. The summed E-state index contributed by atoms with van der Waals surface area (Å²) in [5.74, 6) is -0.383. The van der Waals surface area contributed by atoms with Crippen LogP contribution in [-0.4, -0.2) is 4.98 Å². The Hall–Kier alpha value is -2.12. The fraction of sp³-hybridized carbons (Fsp3) is 0.0769. The van der Waals surface area contributed by atoms with Gasteiger partial charge in [0.25, 0.3) is 0 Å². The van der Waals surface area contributed by atoms with E-state index in [0.29, 0.717) is 28.4 Å². The summed E-state index contributed by atoms with van der Waals surface area (Å²) in [6, 6.07) is 8.35. The molecule has 1 N–H and O–H groups in total. The van der Waals surface area contributed by atoms with E-state index in [1.807, 2.05) is 6.07 Å². The van der Waals surface area contributed by atoms with Gasteiger partial charge in [-0.3, -0.25) is 4.98 Å². The molecule has 0 aliphatic carbocycles. The lowest BCUT2D eigenvalue weighted by atomic mass is 10.2. The molecule has 18 heavy (non-hydrogen) atoms. The molecule has 5 heteroatoms. The van der Waals surface area contributed by atoms with Crippen LogP contribution in [0.4, 0.5) is 10.1 Å². The number of hydrogen-bond acceptors (Lipinski definition) is 3. The maximum atomic E-state index is 12.9. The van der Waals surface area contributed by atoms with Gasteiger partial charge in [0.15, 0.2) is 0 Å². The van der Waals surface area contributed by atoms with E-state index in [1.165, 1.54) is 6.07 Å². The second kappa shape index (κ2) is 5.48. The number of nitriles is 1. The van der Waals surface area contributed by atoms with Gasteiger partial charge in [-0.25, -0.2) is 4.39 Å². The van der Waals surface area contributed by atoms with E-state index in [9.17, 15) is 4.39 Å². The predicted molar refractivity (Wildman–Crippen MR) is 67.7 cm³/mol. The molecule has 2 aromatic rings. The topological polar surface area (TPSA) is 48.7 Å². The van der Waals surface area contributed by atoms with Crippen LogP contribution in [0.3, 0.4) is 0 Å². The van der Waals surface area contributed by atoms with Gasteiger partial charge in [0, 0.05) is 12.7 Å². The van der Waals surface area contributed by atoms with Crippen molar-refractivity contribution in [2.45, 2.75) is 6.54 Å². The zero-order chi connectivity index (χ0) is 13.0. The molecule has 0 fully saturated rings. The lowest BCUT2D eigenvalue weighted by Crippen LogP contribution is -2.01. The zero-order valence-electron chi connectivity index (χ0n) is 9.32. The van der Waals surface area contributed by atoms with Crippen LogP contribution in [0.1, 0.15) is 11.1 Å². The molecule has 1 aromatic carbocycles. The molecule has 0 aliphatic rings. The van der Waals surface area contributed by atoms with Gasteiger partial charge in [0.1, 0.15) is 5.82 Å². The van der Waals surface area contributed by atoms with E-state index < -0.39 is 0 Å². The van der Waals surface area contributed by atoms with Crippen LogP contribution in [0, 0.1) is 17.1 Å². The second-order valence-electron chi connectivity index (χ2n) is 3.67. The first-order valence-electron chi connectivity index (χ1n) is 5.22. The van der Waals surface area contributed by atoms with E-state index in [1.54, 1.807) is 24.4 Å². The Morgan fingerprint density at radius 2 is 2.17 bits per heavy atom. The third-order valence-electron chi connectivity index (χ3n) is 2.34. The molecule has 0 amide bonds. The van der Waals surface area contributed by atoms with Gasteiger partial charge in [-0.1, -0.05) is 11.6 Å². The maximum absolute atomic E-state index is 12.9. The van der Waals surface area contributed by atoms with E-state index in [4.69, 9.17) is 16.9 Å². The Labute approximate surface area is 109 Å². The monoisotopic (exact) mass is 261 g/mol. The van der Waals surface area contributed by atoms with Crippen LogP contribution < -0.4 is 5.32 Å². The Kier molecular flexibility index (Phi) is 3.75. The highest BCUT2D eigenvalue weighted by Gasteiger charge is 2.02. The van der Waals surface area contributed by atoms with Crippen LogP contribution in [0.5, 0.6) is 0 Å². The number of pyridine rings is 1. The van der Waals surface area contributed by atoms with Crippen LogP contribution >= 0.6 is 11.6 Å². The van der Waals surface area contributed by atoms with Crippen molar-refractivity contribution in [3.05, 3.63) is 58.6 Å². The van der Waals surface area contributed by atoms with Gasteiger partial charge < -0.3 is 5.32 Å². The summed E-state index contributed by atoms with van der Waals surface area (Å²) in [7, 11) is 0. The van der Waals surface area contributed by atoms with Crippen molar-refractivity contribution >= 4 is 17.3 Å². The number of nitrogens with zero attached hydrogens (tertiary/aromatic N) is 2. The molecule has 3 nitrogen and oxygen atoms in total. The first-order valence-corrected chi connectivity index (χ1v) is 5.60. The average molecular weight is 262 g/mol. The third-order valence-corrected chi connectivity index (χ3v) is 2.67. The minimum Gasteiger partial charge on any atom is -0.380 e. The maximum Gasteiger partial charge on any atom is 0.141 e. The summed E-state index contributed by atoms with van der Waals surface area (Å²) < 4.78 is 12.9. The third kappa shape index (κ3) is 2.96. The predicted octanol–water partition coefficient (Wildman–Crippen LogP) is 3.36. The zero-order valence-corrected chi connectivity index (χ0v) is 10.1.